The third-order valence-corrected chi connectivity index (χ3v) is 13.0. The van der Waals surface area contributed by atoms with Crippen LogP contribution < -0.4 is 21.5 Å². The molecular formula is C41H27N7O17S3. The molecule has 1 aliphatic rings. The predicted octanol–water partition coefficient (Wildman–Crippen LogP) is 4.24. The minimum atomic E-state index is -5.48. The van der Waals surface area contributed by atoms with Gasteiger partial charge in [-0.25, -0.2) is 9.59 Å². The normalized spacial score (nSPS) is 12.3. The maximum Gasteiger partial charge on any atom is 0.337 e. The van der Waals surface area contributed by atoms with Gasteiger partial charge < -0.3 is 35.8 Å². The van der Waals surface area contributed by atoms with Gasteiger partial charge in [0.25, 0.3) is 35.9 Å². The molecule has 68 heavy (non-hydrogen) atoms. The monoisotopic (exact) mass is 985 g/mol. The van der Waals surface area contributed by atoms with Crippen LogP contribution in [0.5, 0.6) is 6.01 Å². The van der Waals surface area contributed by atoms with E-state index in [1.165, 1.54) is 49.5 Å². The van der Waals surface area contributed by atoms with Crippen LogP contribution in [0.1, 0.15) is 52.6 Å². The van der Waals surface area contributed by atoms with Gasteiger partial charge in [0.15, 0.2) is 11.6 Å². The van der Waals surface area contributed by atoms with E-state index >= 15 is 0 Å². The zero-order valence-corrected chi connectivity index (χ0v) is 36.3. The summed E-state index contributed by atoms with van der Waals surface area (Å²) in [6, 6.07) is 15.5. The Morgan fingerprint density at radius 2 is 1.18 bits per heavy atom. The molecular weight excluding hydrogens is 959 g/mol. The number of anilines is 6. The first-order valence-electron chi connectivity index (χ1n) is 18.8. The molecule has 0 amide bonds. The van der Waals surface area contributed by atoms with Gasteiger partial charge in [0.05, 0.1) is 55.4 Å². The summed E-state index contributed by atoms with van der Waals surface area (Å²) in [5.41, 5.74) is -5.66. The highest BCUT2D eigenvalue weighted by atomic mass is 32.2. The van der Waals surface area contributed by atoms with Crippen molar-refractivity contribution in [1.29, 1.82) is 0 Å². The second kappa shape index (κ2) is 16.4. The lowest BCUT2D eigenvalue weighted by atomic mass is 9.80. The van der Waals surface area contributed by atoms with E-state index in [2.05, 4.69) is 30.9 Å². The molecule has 0 saturated carbocycles. The molecule has 0 bridgehead atoms. The molecule has 0 atom stereocenters. The van der Waals surface area contributed by atoms with Gasteiger partial charge in [-0.15, -0.1) is 0 Å². The number of carboxylic acids is 2. The van der Waals surface area contributed by atoms with Crippen molar-refractivity contribution < 1.29 is 73.4 Å². The molecule has 7 aromatic rings. The second-order valence-electron chi connectivity index (χ2n) is 14.5. The number of aromatic nitrogens is 4. The number of nitrogens with zero attached hydrogens (tertiary/aromatic N) is 4. The predicted molar refractivity (Wildman–Crippen MR) is 236 cm³/mol. The van der Waals surface area contributed by atoms with Crippen LogP contribution in [0, 0.1) is 0 Å². The number of hydrogen-bond acceptors (Lipinski definition) is 18. The highest BCUT2D eigenvalue weighted by Crippen LogP contribution is 2.45. The van der Waals surface area contributed by atoms with Crippen molar-refractivity contribution in [3.05, 3.63) is 135 Å². The number of carbonyl (C=O) groups is 4. The van der Waals surface area contributed by atoms with E-state index in [0.717, 1.165) is 41.0 Å². The Labute approximate surface area is 380 Å². The summed E-state index contributed by atoms with van der Waals surface area (Å²) in [4.78, 5) is 75.0. The first kappa shape index (κ1) is 46.1. The molecule has 9 N–H and O–H groups in total. The van der Waals surface area contributed by atoms with Gasteiger partial charge in [-0.05, 0) is 54.1 Å². The molecule has 0 saturated heterocycles. The van der Waals surface area contributed by atoms with Gasteiger partial charge >= 0.3 is 17.9 Å². The van der Waals surface area contributed by atoms with E-state index in [1.54, 1.807) is 0 Å². The Hall–Kier alpha value is -8.47. The molecule has 346 valence electrons. The lowest BCUT2D eigenvalue weighted by Crippen LogP contribution is -2.29. The van der Waals surface area contributed by atoms with E-state index in [4.69, 9.17) is 0 Å². The number of aromatic carboxylic acids is 2. The number of nitrogens with one attached hydrogen (secondary N) is 3. The topological polar surface area (TPSA) is 389 Å². The molecule has 5 aromatic carbocycles. The molecule has 8 rings (SSSR count). The van der Waals surface area contributed by atoms with Crippen LogP contribution in [0.3, 0.4) is 0 Å². The van der Waals surface area contributed by atoms with Crippen LogP contribution in [0.2, 0.25) is 0 Å². The Morgan fingerprint density at radius 1 is 0.603 bits per heavy atom. The fourth-order valence-electron chi connectivity index (χ4n) is 7.51. The number of aromatic hydroxyl groups is 1. The van der Waals surface area contributed by atoms with Crippen LogP contribution in [-0.4, -0.2) is 97.3 Å². The van der Waals surface area contributed by atoms with E-state index in [-0.39, 0.29) is 44.4 Å². The number of ketones is 2. The number of aryl methyl sites for hydroxylation is 1. The number of carbonyl (C=O) groups excluding carboxylic acids is 2. The summed E-state index contributed by atoms with van der Waals surface area (Å²) in [5, 5.41) is 37.1. The van der Waals surface area contributed by atoms with Gasteiger partial charge in [0, 0.05) is 29.1 Å². The second-order valence-corrected chi connectivity index (χ2v) is 18.7. The summed E-state index contributed by atoms with van der Waals surface area (Å²) >= 11 is 0. The molecule has 27 heteroatoms. The number of hydrogen-bond donors (Lipinski definition) is 9. The van der Waals surface area contributed by atoms with Crippen LogP contribution in [0.4, 0.5) is 34.6 Å². The van der Waals surface area contributed by atoms with Crippen molar-refractivity contribution in [2.45, 2.75) is 14.7 Å². The van der Waals surface area contributed by atoms with E-state index in [0.29, 0.717) is 12.1 Å². The van der Waals surface area contributed by atoms with Gasteiger partial charge in [-0.2, -0.15) is 40.2 Å². The molecule has 2 heterocycles. The Morgan fingerprint density at radius 3 is 1.76 bits per heavy atom. The smallest absolute Gasteiger partial charge is 0.337 e. The van der Waals surface area contributed by atoms with Crippen molar-refractivity contribution in [1.82, 2.24) is 19.5 Å². The van der Waals surface area contributed by atoms with Crippen LogP contribution >= 0.6 is 0 Å². The summed E-state index contributed by atoms with van der Waals surface area (Å²) < 4.78 is 107. The zero-order chi connectivity index (χ0) is 49.4. The van der Waals surface area contributed by atoms with Crippen molar-refractivity contribution in [2.75, 3.05) is 16.0 Å². The van der Waals surface area contributed by atoms with E-state index in [9.17, 15) is 78.2 Å². The minimum Gasteiger partial charge on any atom is -0.479 e. The van der Waals surface area contributed by atoms with Crippen molar-refractivity contribution in [3.8, 4) is 17.1 Å². The Bertz CT molecular complexity index is 3830. The lowest BCUT2D eigenvalue weighted by Gasteiger charge is -2.26. The van der Waals surface area contributed by atoms with Gasteiger partial charge in [0.1, 0.15) is 9.79 Å². The first-order chi connectivity index (χ1) is 31.8. The average molecular weight is 986 g/mol. The number of rotatable bonds is 13. The number of fused-ring (bicyclic) bond motifs is 2. The van der Waals surface area contributed by atoms with Crippen molar-refractivity contribution in [3.63, 3.8) is 0 Å². The fourth-order valence-corrected chi connectivity index (χ4v) is 9.42. The van der Waals surface area contributed by atoms with Crippen molar-refractivity contribution >= 4 is 99.4 Å². The van der Waals surface area contributed by atoms with Gasteiger partial charge in [0.2, 0.25) is 11.9 Å². The molecule has 0 spiro atoms. The highest BCUT2D eigenvalue weighted by Gasteiger charge is 2.35. The third kappa shape index (κ3) is 8.22. The Kier molecular flexibility index (Phi) is 11.1. The number of benzene rings is 5. The van der Waals surface area contributed by atoms with Gasteiger partial charge in [-0.1, -0.05) is 42.5 Å². The fraction of sp³-hybridized carbons (Fsp3) is 0.0244. The minimum absolute atomic E-state index is 0.0521. The maximum absolute atomic E-state index is 14.6. The van der Waals surface area contributed by atoms with E-state index in [1.807, 2.05) is 0 Å². The largest absolute Gasteiger partial charge is 0.479 e. The average Bonchev–Trinajstić information content (AvgIpc) is 3.25. The molecule has 0 radical (unpaired) electrons. The summed E-state index contributed by atoms with van der Waals surface area (Å²) in [7, 11) is -14.5. The van der Waals surface area contributed by atoms with Gasteiger partial charge in [-0.3, -0.25) is 28.0 Å². The first-order valence-corrected chi connectivity index (χ1v) is 23.1. The lowest BCUT2D eigenvalue weighted by molar-refractivity contribution is 0.0696. The Balaban J connectivity index is 1.32. The van der Waals surface area contributed by atoms with Crippen LogP contribution in [0.25, 0.3) is 22.0 Å². The molecule has 2 aromatic heterocycles. The quantitative estimate of drug-likeness (QED) is 0.0576. The van der Waals surface area contributed by atoms with Crippen LogP contribution in [-0.2, 0) is 37.4 Å². The maximum atomic E-state index is 14.6. The molecule has 0 unspecified atom stereocenters. The summed E-state index contributed by atoms with van der Waals surface area (Å²) in [6.07, 6.45) is 0. The molecule has 0 aliphatic heterocycles. The molecule has 1 aliphatic carbocycles. The third-order valence-electron chi connectivity index (χ3n) is 10.4. The summed E-state index contributed by atoms with van der Waals surface area (Å²) in [6.45, 7) is 0. The number of pyridine rings is 1. The molecule has 24 nitrogen and oxygen atoms in total. The number of para-hydroxylation sites is 1. The summed E-state index contributed by atoms with van der Waals surface area (Å²) in [5.74, 6) is -6.48. The number of carboxylic acid groups (broad SMARTS) is 2. The SMILES string of the molecule is Cn1c(=O)c(C(=O)c2cccc(S(=O)(=O)O)c2)c2c3c(c(Nc4cc(Nc5nc(O)nc(Nc6c(C(=O)O)cccc6C(=O)O)n5)c(S(=O)(=O)O)cc4S(=O)(=O)O)ccc31)C(=O)c1ccccc1-2. The standard InChI is InChI=1S/C41H27N7O17S3/c1-48-26-13-12-23(30-31(26)29(19-8-2-3-9-20(19)35(30)50)32(36(48)51)34(49)17-6-4-7-18(14-17)66(57,58)59)42-24-15-25(28(68(63,64)65)16-27(24)67(60,61)62)43-39-45-40(47-41(56)46-39)44-33-21(37(52)53)10-5-11-22(33)38(54)55/h2-16,42H,1H3,(H,52,53)(H,54,55)(H,57,58,59)(H,60,61,62)(H,63,64,65)(H3,43,44,45,46,47,56). The zero-order valence-electron chi connectivity index (χ0n) is 33.8. The van der Waals surface area contributed by atoms with Crippen LogP contribution in [0.15, 0.2) is 110 Å². The molecule has 0 fully saturated rings. The van der Waals surface area contributed by atoms with Crippen molar-refractivity contribution in [2.24, 2.45) is 7.05 Å². The van der Waals surface area contributed by atoms with E-state index < -0.39 is 126 Å². The highest BCUT2D eigenvalue weighted by molar-refractivity contribution is 7.87.